The first-order valence-electron chi connectivity index (χ1n) is 8.71. The molecule has 0 aliphatic carbocycles. The lowest BCUT2D eigenvalue weighted by atomic mass is 10.0. The lowest BCUT2D eigenvalue weighted by Gasteiger charge is -2.07. The predicted octanol–water partition coefficient (Wildman–Crippen LogP) is 4.20. The molecule has 0 radical (unpaired) electrons. The third kappa shape index (κ3) is 2.35. The molecule has 0 saturated carbocycles. The van der Waals surface area contributed by atoms with Crippen LogP contribution in [0.2, 0.25) is 0 Å². The normalized spacial score (nSPS) is 13.6. The van der Waals surface area contributed by atoms with Crippen molar-refractivity contribution in [2.24, 2.45) is 4.99 Å². The minimum atomic E-state index is -3.81. The van der Waals surface area contributed by atoms with E-state index in [9.17, 15) is 13.2 Å². The van der Waals surface area contributed by atoms with Crippen LogP contribution in [-0.2, 0) is 10.0 Å². The molecular weight excluding hydrogens is 372 g/mol. The van der Waals surface area contributed by atoms with Gasteiger partial charge in [-0.2, -0.15) is 0 Å². The maximum Gasteiger partial charge on any atom is 0.268 e. The summed E-state index contributed by atoms with van der Waals surface area (Å²) in [6.07, 6.45) is 1.50. The average Bonchev–Trinajstić information content (AvgIpc) is 3.27. The Labute approximate surface area is 161 Å². The molecule has 5 rings (SSSR count). The Morgan fingerprint density at radius 2 is 1.43 bits per heavy atom. The van der Waals surface area contributed by atoms with Crippen LogP contribution in [0.5, 0.6) is 0 Å². The first kappa shape index (κ1) is 16.6. The molecule has 0 N–H and O–H groups in total. The van der Waals surface area contributed by atoms with E-state index in [2.05, 4.69) is 4.99 Å². The fourth-order valence-corrected chi connectivity index (χ4v) is 4.88. The van der Waals surface area contributed by atoms with E-state index in [1.54, 1.807) is 66.7 Å². The summed E-state index contributed by atoms with van der Waals surface area (Å²) >= 11 is 0. The molecule has 0 bridgehead atoms. The van der Waals surface area contributed by atoms with Crippen LogP contribution in [0.1, 0.15) is 15.9 Å². The number of rotatable bonds is 3. The van der Waals surface area contributed by atoms with E-state index in [1.165, 1.54) is 10.2 Å². The Morgan fingerprint density at radius 3 is 2.21 bits per heavy atom. The summed E-state index contributed by atoms with van der Waals surface area (Å²) in [4.78, 5) is 17.5. The largest absolute Gasteiger partial charge is 0.287 e. The quantitative estimate of drug-likeness (QED) is 0.530. The second-order valence-corrected chi connectivity index (χ2v) is 8.30. The molecule has 1 aromatic heterocycles. The van der Waals surface area contributed by atoms with Crippen LogP contribution in [0.15, 0.2) is 94.9 Å². The zero-order valence-electron chi connectivity index (χ0n) is 14.6. The molecule has 136 valence electrons. The number of carbonyl (C=O) groups is 1. The van der Waals surface area contributed by atoms with Gasteiger partial charge in [0, 0.05) is 22.7 Å². The van der Waals surface area contributed by atoms with Crippen molar-refractivity contribution in [1.82, 2.24) is 3.97 Å². The van der Waals surface area contributed by atoms with Crippen LogP contribution in [-0.4, -0.2) is 23.9 Å². The first-order valence-corrected chi connectivity index (χ1v) is 10.1. The van der Waals surface area contributed by atoms with Gasteiger partial charge < -0.3 is 0 Å². The molecule has 0 atom stereocenters. The van der Waals surface area contributed by atoms with Gasteiger partial charge in [0.05, 0.1) is 16.1 Å². The highest BCUT2D eigenvalue weighted by molar-refractivity contribution is 7.90. The van der Waals surface area contributed by atoms with Gasteiger partial charge in [-0.05, 0) is 30.3 Å². The molecule has 4 aromatic rings. The molecule has 0 fully saturated rings. The van der Waals surface area contributed by atoms with Crippen molar-refractivity contribution in [2.45, 2.75) is 4.90 Å². The zero-order chi connectivity index (χ0) is 19.3. The molecule has 0 amide bonds. The number of nitrogens with zero attached hydrogens (tertiary/aromatic N) is 2. The molecule has 2 heterocycles. The average molecular weight is 386 g/mol. The predicted molar refractivity (Wildman–Crippen MR) is 108 cm³/mol. The molecule has 28 heavy (non-hydrogen) atoms. The highest BCUT2D eigenvalue weighted by Crippen LogP contribution is 2.33. The van der Waals surface area contributed by atoms with Crippen molar-refractivity contribution in [3.8, 4) is 0 Å². The van der Waals surface area contributed by atoms with E-state index < -0.39 is 10.0 Å². The number of fused-ring (bicyclic) bond motifs is 2. The van der Waals surface area contributed by atoms with Gasteiger partial charge in [-0.15, -0.1) is 0 Å². The lowest BCUT2D eigenvalue weighted by Crippen LogP contribution is -2.13. The van der Waals surface area contributed by atoms with Crippen molar-refractivity contribution in [2.75, 3.05) is 0 Å². The molecule has 0 unspecified atom stereocenters. The molecule has 1 aliphatic heterocycles. The minimum absolute atomic E-state index is 0.185. The maximum absolute atomic E-state index is 13.2. The summed E-state index contributed by atoms with van der Waals surface area (Å²) < 4.78 is 27.7. The van der Waals surface area contributed by atoms with E-state index in [0.717, 1.165) is 0 Å². The highest BCUT2D eigenvalue weighted by atomic mass is 32.2. The summed E-state index contributed by atoms with van der Waals surface area (Å²) in [5, 5.41) is 0.668. The van der Waals surface area contributed by atoms with Gasteiger partial charge in [0.25, 0.3) is 10.0 Å². The molecule has 3 aromatic carbocycles. The number of para-hydroxylation sites is 2. The van der Waals surface area contributed by atoms with Gasteiger partial charge in [0.15, 0.2) is 0 Å². The van der Waals surface area contributed by atoms with Crippen LogP contribution in [0, 0.1) is 0 Å². The molecular formula is C22H14N2O3S. The number of ketones is 1. The summed E-state index contributed by atoms with van der Waals surface area (Å²) in [5.41, 5.74) is 2.41. The van der Waals surface area contributed by atoms with Crippen molar-refractivity contribution in [3.63, 3.8) is 0 Å². The highest BCUT2D eigenvalue weighted by Gasteiger charge is 2.30. The molecule has 0 spiro atoms. The van der Waals surface area contributed by atoms with Crippen LogP contribution in [0.25, 0.3) is 10.9 Å². The van der Waals surface area contributed by atoms with Gasteiger partial charge in [0.1, 0.15) is 5.71 Å². The zero-order valence-corrected chi connectivity index (χ0v) is 15.4. The standard InChI is InChI=1S/C22H14N2O3S/c25-22-17-11-4-6-12-19(17)23-21(22)18-14-24(20-13-7-5-10-16(18)20)28(26,27)15-8-2-1-3-9-15/h1-14H. The Balaban J connectivity index is 1.75. The lowest BCUT2D eigenvalue weighted by molar-refractivity contribution is 0.107. The van der Waals surface area contributed by atoms with E-state index in [4.69, 9.17) is 0 Å². The number of aromatic nitrogens is 1. The van der Waals surface area contributed by atoms with E-state index in [-0.39, 0.29) is 16.4 Å². The fraction of sp³-hybridized carbons (Fsp3) is 0. The number of benzene rings is 3. The smallest absolute Gasteiger partial charge is 0.268 e. The fourth-order valence-electron chi connectivity index (χ4n) is 3.49. The Kier molecular flexibility index (Phi) is 3.57. The Morgan fingerprint density at radius 1 is 0.750 bits per heavy atom. The SMILES string of the molecule is O=C1C(c2cn(S(=O)(=O)c3ccccc3)c3ccccc23)=Nc2ccccc21. The second kappa shape index (κ2) is 6.00. The summed E-state index contributed by atoms with van der Waals surface area (Å²) in [6.45, 7) is 0. The van der Waals surface area contributed by atoms with Crippen LogP contribution in [0.4, 0.5) is 5.69 Å². The van der Waals surface area contributed by atoms with Gasteiger partial charge >= 0.3 is 0 Å². The van der Waals surface area contributed by atoms with Crippen LogP contribution in [0.3, 0.4) is 0 Å². The monoisotopic (exact) mass is 386 g/mol. The van der Waals surface area contributed by atoms with E-state index in [0.29, 0.717) is 27.7 Å². The molecule has 6 heteroatoms. The van der Waals surface area contributed by atoms with Crippen molar-refractivity contribution < 1.29 is 13.2 Å². The topological polar surface area (TPSA) is 68.5 Å². The Bertz CT molecular complexity index is 1380. The van der Waals surface area contributed by atoms with Crippen LogP contribution >= 0.6 is 0 Å². The summed E-state index contributed by atoms with van der Waals surface area (Å²) in [6, 6.07) is 22.5. The number of carbonyl (C=O) groups excluding carboxylic acids is 1. The van der Waals surface area contributed by atoms with Gasteiger partial charge in [-0.3, -0.25) is 4.79 Å². The second-order valence-electron chi connectivity index (χ2n) is 6.48. The third-order valence-electron chi connectivity index (χ3n) is 4.83. The number of aliphatic imine (C=N–C) groups is 1. The van der Waals surface area contributed by atoms with Gasteiger partial charge in [-0.1, -0.05) is 48.5 Å². The number of Topliss-reactive ketones (excluding diaryl/α,β-unsaturated/α-hetero) is 1. The minimum Gasteiger partial charge on any atom is -0.287 e. The van der Waals surface area contributed by atoms with E-state index >= 15 is 0 Å². The van der Waals surface area contributed by atoms with Gasteiger partial charge in [-0.25, -0.2) is 17.4 Å². The van der Waals surface area contributed by atoms with E-state index in [1.807, 2.05) is 12.1 Å². The number of hydrogen-bond acceptors (Lipinski definition) is 4. The van der Waals surface area contributed by atoms with Crippen molar-refractivity contribution in [3.05, 3.63) is 96.2 Å². The number of hydrogen-bond donors (Lipinski definition) is 0. The third-order valence-corrected chi connectivity index (χ3v) is 6.52. The van der Waals surface area contributed by atoms with Gasteiger partial charge in [0.2, 0.25) is 5.78 Å². The summed E-state index contributed by atoms with van der Waals surface area (Å²) in [7, 11) is -3.81. The van der Waals surface area contributed by atoms with Crippen LogP contribution < -0.4 is 0 Å². The first-order chi connectivity index (χ1) is 13.6. The Hall–Kier alpha value is -3.51. The molecule has 1 aliphatic rings. The van der Waals surface area contributed by atoms with Crippen molar-refractivity contribution >= 4 is 38.1 Å². The molecule has 0 saturated heterocycles. The maximum atomic E-state index is 13.2. The van der Waals surface area contributed by atoms with Crippen molar-refractivity contribution in [1.29, 1.82) is 0 Å². The summed E-state index contributed by atoms with van der Waals surface area (Å²) in [5.74, 6) is -0.199. The molecule has 5 nitrogen and oxygen atoms in total.